The predicted octanol–water partition coefficient (Wildman–Crippen LogP) is 4.26. The monoisotopic (exact) mass is 468 g/mol. The van der Waals surface area contributed by atoms with Crippen molar-refractivity contribution in [3.05, 3.63) is 48.0 Å². The number of anilines is 3. The van der Waals surface area contributed by atoms with E-state index in [4.69, 9.17) is 0 Å². The molecule has 0 aromatic heterocycles. The number of benzene rings is 2. The standard InChI is InChI=1S/C22H30F2N4O3S/c1-4-7-12-25-19-11-9-17(32(30,31)28(5-2)6-3)14-21(19)26-15-22(29)27-20-13-16(23)8-10-18(20)24/h8-11,13-14,25-26H,4-7,12,15H2,1-3H3,(H,27,29). The van der Waals surface area contributed by atoms with Crippen LogP contribution in [0.3, 0.4) is 0 Å². The number of halogens is 2. The highest BCUT2D eigenvalue weighted by Crippen LogP contribution is 2.27. The number of sulfonamides is 1. The highest BCUT2D eigenvalue weighted by molar-refractivity contribution is 7.89. The third kappa shape index (κ3) is 6.64. The van der Waals surface area contributed by atoms with Crippen molar-refractivity contribution < 1.29 is 22.0 Å². The molecule has 10 heteroatoms. The fourth-order valence-corrected chi connectivity index (χ4v) is 4.54. The van der Waals surface area contributed by atoms with Crippen molar-refractivity contribution >= 4 is 33.0 Å². The second-order valence-electron chi connectivity index (χ2n) is 7.10. The smallest absolute Gasteiger partial charge is 0.243 e. The Bertz CT molecular complexity index is 1030. The molecule has 0 bridgehead atoms. The summed E-state index contributed by atoms with van der Waals surface area (Å²) in [5.41, 5.74) is 0.793. The molecule has 0 aliphatic rings. The van der Waals surface area contributed by atoms with Gasteiger partial charge in [-0.3, -0.25) is 4.79 Å². The number of amides is 1. The molecule has 2 rings (SSSR count). The minimum absolute atomic E-state index is 0.0984. The molecule has 0 aliphatic heterocycles. The maximum absolute atomic E-state index is 13.8. The van der Waals surface area contributed by atoms with E-state index in [1.807, 2.05) is 0 Å². The van der Waals surface area contributed by atoms with Crippen LogP contribution in [0.5, 0.6) is 0 Å². The van der Waals surface area contributed by atoms with Gasteiger partial charge < -0.3 is 16.0 Å². The summed E-state index contributed by atoms with van der Waals surface area (Å²) in [5.74, 6) is -2.04. The molecule has 0 unspecified atom stereocenters. The molecular weight excluding hydrogens is 438 g/mol. The Hall–Kier alpha value is -2.72. The number of hydrogen-bond donors (Lipinski definition) is 3. The Labute approximate surface area is 188 Å². The lowest BCUT2D eigenvalue weighted by Crippen LogP contribution is -2.30. The number of nitrogens with zero attached hydrogens (tertiary/aromatic N) is 1. The van der Waals surface area contributed by atoms with Gasteiger partial charge in [-0.15, -0.1) is 0 Å². The predicted molar refractivity (Wildman–Crippen MR) is 123 cm³/mol. The lowest BCUT2D eigenvalue weighted by molar-refractivity contribution is -0.114. The van der Waals surface area contributed by atoms with Crippen LogP contribution >= 0.6 is 0 Å². The summed E-state index contributed by atoms with van der Waals surface area (Å²) in [6.45, 7) is 6.64. The van der Waals surface area contributed by atoms with Crippen molar-refractivity contribution in [1.82, 2.24) is 4.31 Å². The van der Waals surface area contributed by atoms with Gasteiger partial charge in [0.05, 0.1) is 28.5 Å². The lowest BCUT2D eigenvalue weighted by atomic mass is 10.2. The van der Waals surface area contributed by atoms with Gasteiger partial charge in [0.1, 0.15) is 11.6 Å². The fraction of sp³-hybridized carbons (Fsp3) is 0.409. The van der Waals surface area contributed by atoms with Crippen molar-refractivity contribution in [3.63, 3.8) is 0 Å². The molecule has 0 aliphatic carbocycles. The van der Waals surface area contributed by atoms with E-state index >= 15 is 0 Å². The van der Waals surface area contributed by atoms with Crippen molar-refractivity contribution in [2.75, 3.05) is 42.1 Å². The summed E-state index contributed by atoms with van der Waals surface area (Å²) in [6.07, 6.45) is 1.89. The lowest BCUT2D eigenvalue weighted by Gasteiger charge is -2.20. The SMILES string of the molecule is CCCCNc1ccc(S(=O)(=O)N(CC)CC)cc1NCC(=O)Nc1cc(F)ccc1F. The normalized spacial score (nSPS) is 11.4. The molecule has 0 fully saturated rings. The molecule has 0 radical (unpaired) electrons. The highest BCUT2D eigenvalue weighted by atomic mass is 32.2. The zero-order valence-corrected chi connectivity index (χ0v) is 19.4. The summed E-state index contributed by atoms with van der Waals surface area (Å²) < 4.78 is 54.2. The number of rotatable bonds is 12. The van der Waals surface area contributed by atoms with Crippen LogP contribution in [0.15, 0.2) is 41.3 Å². The highest BCUT2D eigenvalue weighted by Gasteiger charge is 2.23. The number of carbonyl (C=O) groups excluding carboxylic acids is 1. The van der Waals surface area contributed by atoms with Gasteiger partial charge in [-0.1, -0.05) is 27.2 Å². The Balaban J connectivity index is 2.23. The molecule has 2 aromatic carbocycles. The quantitative estimate of drug-likeness (QED) is 0.405. The number of hydrogen-bond acceptors (Lipinski definition) is 5. The molecule has 0 heterocycles. The molecular formula is C22H30F2N4O3S. The minimum Gasteiger partial charge on any atom is -0.383 e. The van der Waals surface area contributed by atoms with E-state index in [-0.39, 0.29) is 17.1 Å². The van der Waals surface area contributed by atoms with E-state index < -0.39 is 27.6 Å². The zero-order chi connectivity index (χ0) is 23.7. The van der Waals surface area contributed by atoms with Crippen LogP contribution in [-0.2, 0) is 14.8 Å². The van der Waals surface area contributed by atoms with E-state index in [0.29, 0.717) is 31.0 Å². The molecule has 2 aromatic rings. The van der Waals surface area contributed by atoms with E-state index in [2.05, 4.69) is 22.9 Å². The van der Waals surface area contributed by atoms with Crippen LogP contribution in [0.4, 0.5) is 25.8 Å². The molecule has 0 spiro atoms. The topological polar surface area (TPSA) is 90.5 Å². The van der Waals surface area contributed by atoms with Crippen LogP contribution in [0.25, 0.3) is 0 Å². The number of carbonyl (C=O) groups is 1. The summed E-state index contributed by atoms with van der Waals surface area (Å²) in [6, 6.07) is 7.42. The summed E-state index contributed by atoms with van der Waals surface area (Å²) in [5, 5.41) is 8.45. The third-order valence-corrected chi connectivity index (χ3v) is 6.87. The Morgan fingerprint density at radius 2 is 1.66 bits per heavy atom. The van der Waals surface area contributed by atoms with E-state index in [0.717, 1.165) is 31.0 Å². The van der Waals surface area contributed by atoms with Crippen molar-refractivity contribution in [2.24, 2.45) is 0 Å². The number of nitrogens with one attached hydrogen (secondary N) is 3. The maximum Gasteiger partial charge on any atom is 0.243 e. The molecule has 0 atom stereocenters. The minimum atomic E-state index is -3.69. The Kier molecular flexibility index (Phi) is 9.40. The average molecular weight is 469 g/mol. The first-order valence-electron chi connectivity index (χ1n) is 10.6. The van der Waals surface area contributed by atoms with Crippen LogP contribution in [0.1, 0.15) is 33.6 Å². The van der Waals surface area contributed by atoms with Gasteiger partial charge in [0.25, 0.3) is 0 Å². The van der Waals surface area contributed by atoms with Gasteiger partial charge in [0.2, 0.25) is 15.9 Å². The van der Waals surface area contributed by atoms with Crippen LogP contribution in [0, 0.1) is 11.6 Å². The van der Waals surface area contributed by atoms with Crippen LogP contribution in [0.2, 0.25) is 0 Å². The molecule has 3 N–H and O–H groups in total. The van der Waals surface area contributed by atoms with Gasteiger partial charge in [-0.2, -0.15) is 4.31 Å². The van der Waals surface area contributed by atoms with E-state index in [1.165, 1.54) is 16.4 Å². The molecule has 1 amide bonds. The third-order valence-electron chi connectivity index (χ3n) is 4.82. The van der Waals surface area contributed by atoms with Crippen molar-refractivity contribution in [3.8, 4) is 0 Å². The van der Waals surface area contributed by atoms with Gasteiger partial charge in [-0.05, 0) is 36.8 Å². The molecule has 0 saturated carbocycles. The van der Waals surface area contributed by atoms with Gasteiger partial charge in [-0.25, -0.2) is 17.2 Å². The molecule has 0 saturated heterocycles. The van der Waals surface area contributed by atoms with Crippen molar-refractivity contribution in [1.29, 1.82) is 0 Å². The summed E-state index contributed by atoms with van der Waals surface area (Å²) in [4.78, 5) is 12.4. The molecule has 176 valence electrons. The second kappa shape index (κ2) is 11.8. The average Bonchev–Trinajstić information content (AvgIpc) is 2.76. The van der Waals surface area contributed by atoms with E-state index in [1.54, 1.807) is 19.9 Å². The first-order chi connectivity index (χ1) is 15.2. The largest absolute Gasteiger partial charge is 0.383 e. The molecule has 7 nitrogen and oxygen atoms in total. The zero-order valence-electron chi connectivity index (χ0n) is 18.5. The van der Waals surface area contributed by atoms with Gasteiger partial charge in [0.15, 0.2) is 0 Å². The van der Waals surface area contributed by atoms with Gasteiger partial charge >= 0.3 is 0 Å². The Morgan fingerprint density at radius 3 is 2.31 bits per heavy atom. The van der Waals surface area contributed by atoms with Crippen LogP contribution in [-0.4, -0.2) is 44.8 Å². The first kappa shape index (κ1) is 25.5. The second-order valence-corrected chi connectivity index (χ2v) is 9.04. The number of unbranched alkanes of at least 4 members (excludes halogenated alkanes) is 1. The molecule has 32 heavy (non-hydrogen) atoms. The fourth-order valence-electron chi connectivity index (χ4n) is 3.06. The summed E-state index contributed by atoms with van der Waals surface area (Å²) in [7, 11) is -3.69. The summed E-state index contributed by atoms with van der Waals surface area (Å²) >= 11 is 0. The first-order valence-corrected chi connectivity index (χ1v) is 12.0. The maximum atomic E-state index is 13.8. The van der Waals surface area contributed by atoms with Crippen LogP contribution < -0.4 is 16.0 Å². The van der Waals surface area contributed by atoms with E-state index in [9.17, 15) is 22.0 Å². The van der Waals surface area contributed by atoms with Crippen molar-refractivity contribution in [2.45, 2.75) is 38.5 Å². The van der Waals surface area contributed by atoms with Gasteiger partial charge in [0, 0.05) is 25.7 Å². The Morgan fingerprint density at radius 1 is 0.938 bits per heavy atom.